The number of anilines is 1. The van der Waals surface area contributed by atoms with Gasteiger partial charge in [-0.25, -0.2) is 0 Å². The highest BCUT2D eigenvalue weighted by atomic mass is 35.5. The summed E-state index contributed by atoms with van der Waals surface area (Å²) in [5.74, 6) is -0.666. The number of carbonyl (C=O) groups is 2. The van der Waals surface area contributed by atoms with Crippen molar-refractivity contribution in [2.45, 2.75) is 13.3 Å². The van der Waals surface area contributed by atoms with Gasteiger partial charge in [0, 0.05) is 34.7 Å². The Balaban J connectivity index is 2.14. The van der Waals surface area contributed by atoms with Gasteiger partial charge in [0.25, 0.3) is 11.8 Å². The van der Waals surface area contributed by atoms with Crippen LogP contribution in [-0.2, 0) is 0 Å². The van der Waals surface area contributed by atoms with Gasteiger partial charge < -0.3 is 10.6 Å². The monoisotopic (exact) mass is 351 g/mol. The first kappa shape index (κ1) is 17.2. The molecule has 5 nitrogen and oxygen atoms in total. The fourth-order valence-corrected chi connectivity index (χ4v) is 2.38. The van der Waals surface area contributed by atoms with Crippen LogP contribution < -0.4 is 10.6 Å². The Labute approximate surface area is 144 Å². The molecule has 0 unspecified atom stereocenters. The van der Waals surface area contributed by atoms with Crippen molar-refractivity contribution in [1.29, 1.82) is 0 Å². The minimum absolute atomic E-state index is 0.264. The van der Waals surface area contributed by atoms with Crippen molar-refractivity contribution >= 4 is 40.7 Å². The minimum Gasteiger partial charge on any atom is -0.352 e. The lowest BCUT2D eigenvalue weighted by molar-refractivity contribution is 0.0953. The van der Waals surface area contributed by atoms with Crippen molar-refractivity contribution in [3.63, 3.8) is 0 Å². The van der Waals surface area contributed by atoms with E-state index in [1.165, 1.54) is 18.5 Å². The highest BCUT2D eigenvalue weighted by Gasteiger charge is 2.12. The molecule has 7 heteroatoms. The van der Waals surface area contributed by atoms with Gasteiger partial charge in [0.2, 0.25) is 0 Å². The van der Waals surface area contributed by atoms with Gasteiger partial charge in [-0.2, -0.15) is 0 Å². The fraction of sp³-hybridized carbons (Fsp3) is 0.188. The molecule has 23 heavy (non-hydrogen) atoms. The predicted octanol–water partition coefficient (Wildman–Crippen LogP) is 3.78. The van der Waals surface area contributed by atoms with E-state index in [4.69, 9.17) is 23.2 Å². The first-order chi connectivity index (χ1) is 11.0. The topological polar surface area (TPSA) is 71.1 Å². The van der Waals surface area contributed by atoms with Crippen molar-refractivity contribution in [2.24, 2.45) is 0 Å². The van der Waals surface area contributed by atoms with Crippen molar-refractivity contribution < 1.29 is 9.59 Å². The van der Waals surface area contributed by atoms with Crippen LogP contribution in [0, 0.1) is 0 Å². The third-order valence-corrected chi connectivity index (χ3v) is 3.36. The Morgan fingerprint density at radius 2 is 1.61 bits per heavy atom. The molecule has 1 heterocycles. The molecule has 120 valence electrons. The number of nitrogens with zero attached hydrogens (tertiary/aromatic N) is 1. The number of amides is 2. The summed E-state index contributed by atoms with van der Waals surface area (Å²) in [7, 11) is 0. The average Bonchev–Trinajstić information content (AvgIpc) is 2.51. The Kier molecular flexibility index (Phi) is 5.96. The van der Waals surface area contributed by atoms with Gasteiger partial charge in [0.1, 0.15) is 0 Å². The molecule has 0 atom stereocenters. The van der Waals surface area contributed by atoms with Crippen LogP contribution in [0.3, 0.4) is 0 Å². The summed E-state index contributed by atoms with van der Waals surface area (Å²) < 4.78 is 0. The summed E-state index contributed by atoms with van der Waals surface area (Å²) >= 11 is 11.8. The molecule has 2 rings (SSSR count). The van der Waals surface area contributed by atoms with Gasteiger partial charge in [-0.1, -0.05) is 30.1 Å². The second kappa shape index (κ2) is 7.94. The normalized spacial score (nSPS) is 10.2. The zero-order valence-corrected chi connectivity index (χ0v) is 13.9. The lowest BCUT2D eigenvalue weighted by Crippen LogP contribution is -2.24. The summed E-state index contributed by atoms with van der Waals surface area (Å²) in [5, 5.41) is 6.23. The summed E-state index contributed by atoms with van der Waals surface area (Å²) in [6.45, 7) is 2.52. The lowest BCUT2D eigenvalue weighted by atomic mass is 10.2. The maximum absolute atomic E-state index is 12.3. The van der Waals surface area contributed by atoms with Crippen LogP contribution >= 0.6 is 23.2 Å². The third-order valence-electron chi connectivity index (χ3n) is 2.92. The Morgan fingerprint density at radius 1 is 1.00 bits per heavy atom. The zero-order valence-electron chi connectivity index (χ0n) is 12.4. The Bertz CT molecular complexity index is 715. The quantitative estimate of drug-likeness (QED) is 0.860. The molecule has 0 aliphatic heterocycles. The fourth-order valence-electron chi connectivity index (χ4n) is 1.86. The number of carbonyl (C=O) groups excluding carboxylic acids is 2. The first-order valence-corrected chi connectivity index (χ1v) is 7.76. The maximum atomic E-state index is 12.3. The van der Waals surface area contributed by atoms with Crippen LogP contribution in [0.4, 0.5) is 5.69 Å². The van der Waals surface area contributed by atoms with Crippen molar-refractivity contribution in [3.05, 3.63) is 57.8 Å². The van der Waals surface area contributed by atoms with Crippen molar-refractivity contribution in [1.82, 2.24) is 10.3 Å². The molecule has 0 saturated carbocycles. The highest BCUT2D eigenvalue weighted by Crippen LogP contribution is 2.22. The lowest BCUT2D eigenvalue weighted by Gasteiger charge is -2.08. The van der Waals surface area contributed by atoms with Crippen LogP contribution in [0.1, 0.15) is 34.1 Å². The van der Waals surface area contributed by atoms with E-state index in [0.29, 0.717) is 27.8 Å². The molecule has 0 bridgehead atoms. The maximum Gasteiger partial charge on any atom is 0.257 e. The number of rotatable bonds is 5. The number of nitrogens with one attached hydrogen (secondary N) is 2. The Hall–Kier alpha value is -2.11. The SMILES string of the molecule is CCCNC(=O)c1cncc(C(=O)Nc2cc(Cl)cc(Cl)c2)c1. The van der Waals surface area contributed by atoms with Gasteiger partial charge in [-0.05, 0) is 30.7 Å². The van der Waals surface area contributed by atoms with Gasteiger partial charge in [-0.3, -0.25) is 14.6 Å². The molecule has 0 fully saturated rings. The van der Waals surface area contributed by atoms with Gasteiger partial charge in [0.05, 0.1) is 11.1 Å². The van der Waals surface area contributed by atoms with Gasteiger partial charge >= 0.3 is 0 Å². The van der Waals surface area contributed by atoms with E-state index in [-0.39, 0.29) is 11.5 Å². The van der Waals surface area contributed by atoms with E-state index in [0.717, 1.165) is 6.42 Å². The number of benzene rings is 1. The highest BCUT2D eigenvalue weighted by molar-refractivity contribution is 6.35. The van der Waals surface area contributed by atoms with E-state index >= 15 is 0 Å². The molecular weight excluding hydrogens is 337 g/mol. The molecule has 2 N–H and O–H groups in total. The molecular formula is C16H15Cl2N3O2. The second-order valence-corrected chi connectivity index (χ2v) is 5.70. The molecule has 2 amide bonds. The van der Waals surface area contributed by atoms with E-state index in [2.05, 4.69) is 15.6 Å². The number of halogens is 2. The molecule has 0 saturated heterocycles. The van der Waals surface area contributed by atoms with Crippen LogP contribution in [-0.4, -0.2) is 23.3 Å². The van der Waals surface area contributed by atoms with Crippen molar-refractivity contribution in [3.8, 4) is 0 Å². The van der Waals surface area contributed by atoms with Crippen LogP contribution in [0.25, 0.3) is 0 Å². The largest absolute Gasteiger partial charge is 0.352 e. The summed E-state index contributed by atoms with van der Waals surface area (Å²) in [6.07, 6.45) is 3.63. The van der Waals surface area contributed by atoms with Crippen LogP contribution in [0.5, 0.6) is 0 Å². The molecule has 2 aromatic rings. The van der Waals surface area contributed by atoms with Gasteiger partial charge in [-0.15, -0.1) is 0 Å². The molecule has 0 spiro atoms. The summed E-state index contributed by atoms with van der Waals surface area (Å²) in [6, 6.07) is 6.21. The van der Waals surface area contributed by atoms with Crippen molar-refractivity contribution in [2.75, 3.05) is 11.9 Å². The standard InChI is InChI=1S/C16H15Cl2N3O2/c1-2-3-20-15(22)10-4-11(9-19-8-10)16(23)21-14-6-12(17)5-13(18)7-14/h4-9H,2-3H2,1H3,(H,20,22)(H,21,23). The predicted molar refractivity (Wildman–Crippen MR) is 91.3 cm³/mol. The third kappa shape index (κ3) is 4.94. The minimum atomic E-state index is -0.402. The molecule has 1 aromatic heterocycles. The number of pyridine rings is 1. The molecule has 0 aliphatic carbocycles. The van der Waals surface area contributed by atoms with E-state index in [1.807, 2.05) is 6.92 Å². The van der Waals surface area contributed by atoms with E-state index in [9.17, 15) is 9.59 Å². The second-order valence-electron chi connectivity index (χ2n) is 4.83. The summed E-state index contributed by atoms with van der Waals surface area (Å²) in [5.41, 5.74) is 1.06. The smallest absolute Gasteiger partial charge is 0.257 e. The van der Waals surface area contributed by atoms with Crippen LogP contribution in [0.15, 0.2) is 36.7 Å². The molecule has 0 radical (unpaired) electrons. The van der Waals surface area contributed by atoms with E-state index in [1.54, 1.807) is 18.2 Å². The summed E-state index contributed by atoms with van der Waals surface area (Å²) in [4.78, 5) is 28.1. The number of hydrogen-bond donors (Lipinski definition) is 2. The number of aromatic nitrogens is 1. The zero-order chi connectivity index (χ0) is 16.8. The molecule has 1 aromatic carbocycles. The van der Waals surface area contributed by atoms with Crippen LogP contribution in [0.2, 0.25) is 10.0 Å². The molecule has 0 aliphatic rings. The van der Waals surface area contributed by atoms with Gasteiger partial charge in [0.15, 0.2) is 0 Å². The Morgan fingerprint density at radius 3 is 2.22 bits per heavy atom. The first-order valence-electron chi connectivity index (χ1n) is 7.00. The average molecular weight is 352 g/mol. The van der Waals surface area contributed by atoms with E-state index < -0.39 is 5.91 Å². The number of hydrogen-bond acceptors (Lipinski definition) is 3.